The third kappa shape index (κ3) is 1.85. The van der Waals surface area contributed by atoms with E-state index in [0.29, 0.717) is 24.4 Å². The van der Waals surface area contributed by atoms with Crippen molar-refractivity contribution in [3.05, 3.63) is 18.3 Å². The summed E-state index contributed by atoms with van der Waals surface area (Å²) in [5, 5.41) is 0. The number of carbonyl (C=O) groups is 1. The third-order valence-corrected chi connectivity index (χ3v) is 2.69. The van der Waals surface area contributed by atoms with E-state index in [-0.39, 0.29) is 0 Å². The van der Waals surface area contributed by atoms with E-state index in [4.69, 9.17) is 4.74 Å². The summed E-state index contributed by atoms with van der Waals surface area (Å²) >= 11 is 0. The lowest BCUT2D eigenvalue weighted by Crippen LogP contribution is -2.35. The highest BCUT2D eigenvalue weighted by Gasteiger charge is 2.52. The molecule has 5 heteroatoms. The first kappa shape index (κ1) is 10.9. The molecule has 1 heterocycles. The Labute approximate surface area is 93.0 Å². The van der Waals surface area contributed by atoms with Crippen molar-refractivity contribution in [2.24, 2.45) is 0 Å². The van der Waals surface area contributed by atoms with Gasteiger partial charge in [0, 0.05) is 13.1 Å². The minimum absolute atomic E-state index is 0.319. The van der Waals surface area contributed by atoms with Gasteiger partial charge < -0.3 is 9.64 Å². The number of carbonyl (C=O) groups excluding carboxylic acids is 1. The van der Waals surface area contributed by atoms with Crippen molar-refractivity contribution in [2.75, 3.05) is 19.1 Å². The zero-order valence-electron chi connectivity index (χ0n) is 9.24. The highest BCUT2D eigenvalue weighted by molar-refractivity contribution is 6.00. The molecule has 0 aromatic carbocycles. The van der Waals surface area contributed by atoms with Gasteiger partial charge in [0.25, 0.3) is 5.91 Å². The van der Waals surface area contributed by atoms with Gasteiger partial charge in [-0.2, -0.15) is 0 Å². The largest absolute Gasteiger partial charge is 0.481 e. The van der Waals surface area contributed by atoms with E-state index in [1.54, 1.807) is 19.2 Å². The van der Waals surface area contributed by atoms with Gasteiger partial charge in [-0.3, -0.25) is 4.79 Å². The molecule has 0 spiro atoms. The van der Waals surface area contributed by atoms with E-state index >= 15 is 0 Å². The van der Waals surface area contributed by atoms with Gasteiger partial charge in [-0.1, -0.05) is 0 Å². The molecule has 0 radical (unpaired) electrons. The van der Waals surface area contributed by atoms with Gasteiger partial charge in [-0.05, 0) is 18.9 Å². The number of hydrogen-bond donors (Lipinski definition) is 0. The van der Waals surface area contributed by atoms with E-state index in [9.17, 15) is 9.18 Å². The molecule has 1 aliphatic carbocycles. The average molecular weight is 224 g/mol. The highest BCUT2D eigenvalue weighted by atomic mass is 19.1. The number of halogens is 1. The molecule has 0 unspecified atom stereocenters. The zero-order valence-corrected chi connectivity index (χ0v) is 9.24. The number of aromatic nitrogens is 1. The Morgan fingerprint density at radius 3 is 2.69 bits per heavy atom. The second-order valence-corrected chi connectivity index (χ2v) is 3.89. The Kier molecular flexibility index (Phi) is 2.53. The van der Waals surface area contributed by atoms with Crippen LogP contribution in [-0.2, 0) is 4.79 Å². The summed E-state index contributed by atoms with van der Waals surface area (Å²) in [6.07, 6.45) is 2.13. The molecule has 0 saturated heterocycles. The van der Waals surface area contributed by atoms with Crippen molar-refractivity contribution in [3.8, 4) is 5.88 Å². The summed E-state index contributed by atoms with van der Waals surface area (Å²) in [5.41, 5.74) is -1.08. The first-order valence-corrected chi connectivity index (χ1v) is 5.04. The fraction of sp³-hybridized carbons (Fsp3) is 0.455. The summed E-state index contributed by atoms with van der Waals surface area (Å²) < 4.78 is 18.4. The summed E-state index contributed by atoms with van der Waals surface area (Å²) in [6.45, 7) is 0. The van der Waals surface area contributed by atoms with Gasteiger partial charge in [-0.15, -0.1) is 0 Å². The first-order valence-electron chi connectivity index (χ1n) is 5.04. The molecule has 0 atom stereocenters. The van der Waals surface area contributed by atoms with Gasteiger partial charge in [-0.25, -0.2) is 9.37 Å². The molecule has 1 aromatic rings. The van der Waals surface area contributed by atoms with Gasteiger partial charge in [0.05, 0.1) is 19.0 Å². The number of alkyl halides is 1. The Morgan fingerprint density at radius 2 is 2.25 bits per heavy atom. The van der Waals surface area contributed by atoms with Crippen LogP contribution < -0.4 is 9.64 Å². The molecule has 1 amide bonds. The molecule has 1 saturated carbocycles. The summed E-state index contributed by atoms with van der Waals surface area (Å²) in [5.74, 6) is -0.0366. The van der Waals surface area contributed by atoms with Gasteiger partial charge in [0.15, 0.2) is 5.67 Å². The maximum atomic E-state index is 13.5. The Morgan fingerprint density at radius 1 is 1.56 bits per heavy atom. The average Bonchev–Trinajstić information content (AvgIpc) is 3.07. The SMILES string of the molecule is COc1ccc(N(C)C(=O)C2(F)CC2)cn1. The smallest absolute Gasteiger partial charge is 0.264 e. The monoisotopic (exact) mass is 224 g/mol. The number of nitrogens with zero attached hydrogens (tertiary/aromatic N) is 2. The van der Waals surface area contributed by atoms with Crippen LogP contribution in [0.2, 0.25) is 0 Å². The number of rotatable bonds is 3. The van der Waals surface area contributed by atoms with E-state index in [2.05, 4.69) is 4.98 Å². The van der Waals surface area contributed by atoms with Crippen molar-refractivity contribution in [1.82, 2.24) is 4.98 Å². The maximum Gasteiger partial charge on any atom is 0.264 e. The van der Waals surface area contributed by atoms with E-state index in [0.717, 1.165) is 0 Å². The number of pyridine rings is 1. The minimum atomic E-state index is -1.64. The number of hydrogen-bond acceptors (Lipinski definition) is 3. The second-order valence-electron chi connectivity index (χ2n) is 3.89. The van der Waals surface area contributed by atoms with Crippen LogP contribution >= 0.6 is 0 Å². The van der Waals surface area contributed by atoms with E-state index in [1.807, 2.05) is 0 Å². The van der Waals surface area contributed by atoms with E-state index in [1.165, 1.54) is 18.2 Å². The molecule has 86 valence electrons. The summed E-state index contributed by atoms with van der Waals surface area (Å²) in [4.78, 5) is 16.9. The summed E-state index contributed by atoms with van der Waals surface area (Å²) in [7, 11) is 3.06. The van der Waals surface area contributed by atoms with E-state index < -0.39 is 11.6 Å². The molecule has 1 aliphatic rings. The van der Waals surface area contributed by atoms with Gasteiger partial charge in [0.2, 0.25) is 5.88 Å². The number of methoxy groups -OCH3 is 1. The quantitative estimate of drug-likeness (QED) is 0.782. The van der Waals surface area contributed by atoms with Crippen LogP contribution in [0, 0.1) is 0 Å². The zero-order chi connectivity index (χ0) is 11.8. The standard InChI is InChI=1S/C11H13FN2O2/c1-14(10(15)11(12)5-6-11)8-3-4-9(16-2)13-7-8/h3-4,7H,5-6H2,1-2H3. The normalized spacial score (nSPS) is 16.7. The Hall–Kier alpha value is -1.65. The van der Waals surface area contributed by atoms with Crippen LogP contribution in [0.1, 0.15) is 12.8 Å². The lowest BCUT2D eigenvalue weighted by Gasteiger charge is -2.18. The topological polar surface area (TPSA) is 42.4 Å². The predicted molar refractivity (Wildman–Crippen MR) is 57.3 cm³/mol. The fourth-order valence-electron chi connectivity index (χ4n) is 1.43. The molecular weight excluding hydrogens is 211 g/mol. The molecule has 0 N–H and O–H groups in total. The Bertz CT molecular complexity index is 401. The lowest BCUT2D eigenvalue weighted by atomic mass is 10.3. The van der Waals surface area contributed by atoms with Crippen LogP contribution in [0.4, 0.5) is 10.1 Å². The molecular formula is C11H13FN2O2. The maximum absolute atomic E-state index is 13.5. The van der Waals surface area contributed by atoms with Crippen molar-refractivity contribution in [2.45, 2.75) is 18.5 Å². The number of ether oxygens (including phenoxy) is 1. The number of amides is 1. The Balaban J connectivity index is 2.14. The highest BCUT2D eigenvalue weighted by Crippen LogP contribution is 2.41. The molecule has 0 bridgehead atoms. The molecule has 16 heavy (non-hydrogen) atoms. The van der Waals surface area contributed by atoms with Crippen molar-refractivity contribution in [1.29, 1.82) is 0 Å². The fourth-order valence-corrected chi connectivity index (χ4v) is 1.43. The van der Waals surface area contributed by atoms with Crippen LogP contribution in [-0.4, -0.2) is 30.7 Å². The third-order valence-electron chi connectivity index (χ3n) is 2.69. The van der Waals surface area contributed by atoms with Gasteiger partial charge >= 0.3 is 0 Å². The van der Waals surface area contributed by atoms with Crippen LogP contribution in [0.3, 0.4) is 0 Å². The molecule has 4 nitrogen and oxygen atoms in total. The lowest BCUT2D eigenvalue weighted by molar-refractivity contribution is -0.124. The first-order chi connectivity index (χ1) is 7.57. The molecule has 1 aromatic heterocycles. The summed E-state index contributed by atoms with van der Waals surface area (Å²) in [6, 6.07) is 3.31. The molecule has 1 fully saturated rings. The van der Waals surface area contributed by atoms with Crippen molar-refractivity contribution in [3.63, 3.8) is 0 Å². The molecule has 0 aliphatic heterocycles. The predicted octanol–water partition coefficient (Wildman–Crippen LogP) is 1.56. The van der Waals surface area contributed by atoms with Crippen LogP contribution in [0.25, 0.3) is 0 Å². The van der Waals surface area contributed by atoms with Crippen LogP contribution in [0.15, 0.2) is 18.3 Å². The van der Waals surface area contributed by atoms with Crippen LogP contribution in [0.5, 0.6) is 5.88 Å². The second kappa shape index (κ2) is 3.73. The van der Waals surface area contributed by atoms with Crippen molar-refractivity contribution >= 4 is 11.6 Å². The van der Waals surface area contributed by atoms with Crippen molar-refractivity contribution < 1.29 is 13.9 Å². The molecule has 2 rings (SSSR count). The minimum Gasteiger partial charge on any atom is -0.481 e. The van der Waals surface area contributed by atoms with Gasteiger partial charge in [0.1, 0.15) is 0 Å². The number of anilines is 1.